The van der Waals surface area contributed by atoms with Gasteiger partial charge in [-0.15, -0.1) is 0 Å². The molecule has 2 aliphatic carbocycles. The van der Waals surface area contributed by atoms with E-state index in [0.717, 1.165) is 49.7 Å². The van der Waals surface area contributed by atoms with Crippen LogP contribution in [-0.4, -0.2) is 56.7 Å². The fourth-order valence-electron chi connectivity index (χ4n) is 5.42. The maximum Gasteiger partial charge on any atom is 0.236 e. The van der Waals surface area contributed by atoms with Crippen molar-refractivity contribution in [3.8, 4) is 5.75 Å². The van der Waals surface area contributed by atoms with E-state index in [-0.39, 0.29) is 5.91 Å². The SMILES string of the molecule is COc1ccc(N2CCN(C(=O)CN[C@@H](C)[C@@H]3C[C@@H]4CC[C@H]3C4)CC2)cc1. The van der Waals surface area contributed by atoms with Crippen molar-refractivity contribution in [3.63, 3.8) is 0 Å². The Balaban J connectivity index is 1.21. The van der Waals surface area contributed by atoms with Crippen LogP contribution in [0.3, 0.4) is 0 Å². The minimum atomic E-state index is 0.249. The van der Waals surface area contributed by atoms with Crippen molar-refractivity contribution >= 4 is 11.6 Å². The van der Waals surface area contributed by atoms with Crippen LogP contribution in [0.2, 0.25) is 0 Å². The van der Waals surface area contributed by atoms with Crippen molar-refractivity contribution in [2.45, 2.75) is 38.6 Å². The number of carbonyl (C=O) groups is 1. The molecule has 4 rings (SSSR count). The van der Waals surface area contributed by atoms with E-state index in [1.807, 2.05) is 17.0 Å². The summed E-state index contributed by atoms with van der Waals surface area (Å²) in [6.45, 7) is 6.14. The number of fused-ring (bicyclic) bond motifs is 2. The van der Waals surface area contributed by atoms with Crippen LogP contribution >= 0.6 is 0 Å². The second kappa shape index (κ2) is 8.09. The molecular weight excluding hydrogens is 338 g/mol. The molecule has 148 valence electrons. The summed E-state index contributed by atoms with van der Waals surface area (Å²) in [6, 6.07) is 8.63. The van der Waals surface area contributed by atoms with E-state index in [9.17, 15) is 4.79 Å². The van der Waals surface area contributed by atoms with E-state index in [0.29, 0.717) is 12.6 Å². The maximum atomic E-state index is 12.6. The molecule has 3 fully saturated rings. The summed E-state index contributed by atoms with van der Waals surface area (Å²) in [4.78, 5) is 17.0. The lowest BCUT2D eigenvalue weighted by Gasteiger charge is -2.36. The largest absolute Gasteiger partial charge is 0.497 e. The highest BCUT2D eigenvalue weighted by atomic mass is 16.5. The number of anilines is 1. The van der Waals surface area contributed by atoms with Crippen LogP contribution in [0.1, 0.15) is 32.6 Å². The number of rotatable bonds is 6. The molecule has 2 saturated carbocycles. The first-order chi connectivity index (χ1) is 13.1. The third-order valence-corrected chi connectivity index (χ3v) is 7.08. The molecule has 27 heavy (non-hydrogen) atoms. The molecule has 0 unspecified atom stereocenters. The summed E-state index contributed by atoms with van der Waals surface area (Å²) in [6.07, 6.45) is 5.64. The standard InChI is InChI=1S/C22H33N3O2/c1-16(21-14-17-3-4-18(21)13-17)23-15-22(26)25-11-9-24(10-12-25)19-5-7-20(27-2)8-6-19/h5-8,16-18,21,23H,3-4,9-15H2,1-2H3/t16-,17+,18-,21-/m0/s1. The average Bonchev–Trinajstić information content (AvgIpc) is 3.36. The third-order valence-electron chi connectivity index (χ3n) is 7.08. The number of hydrogen-bond acceptors (Lipinski definition) is 4. The zero-order valence-corrected chi connectivity index (χ0v) is 16.7. The molecule has 0 radical (unpaired) electrons. The summed E-state index contributed by atoms with van der Waals surface area (Å²) in [5.41, 5.74) is 1.20. The molecule has 1 heterocycles. The van der Waals surface area contributed by atoms with Gasteiger partial charge >= 0.3 is 0 Å². The molecule has 1 N–H and O–H groups in total. The van der Waals surface area contributed by atoms with Crippen LogP contribution in [-0.2, 0) is 4.79 Å². The molecule has 1 amide bonds. The zero-order valence-electron chi connectivity index (χ0n) is 16.7. The second-order valence-electron chi connectivity index (χ2n) is 8.57. The van der Waals surface area contributed by atoms with Gasteiger partial charge < -0.3 is 19.9 Å². The van der Waals surface area contributed by atoms with Gasteiger partial charge in [0.05, 0.1) is 13.7 Å². The van der Waals surface area contributed by atoms with Gasteiger partial charge in [0, 0.05) is 37.9 Å². The first-order valence-electron chi connectivity index (χ1n) is 10.5. The highest BCUT2D eigenvalue weighted by Crippen LogP contribution is 2.49. The zero-order chi connectivity index (χ0) is 18.8. The smallest absolute Gasteiger partial charge is 0.236 e. The number of methoxy groups -OCH3 is 1. The van der Waals surface area contributed by atoms with Crippen molar-refractivity contribution in [3.05, 3.63) is 24.3 Å². The Hall–Kier alpha value is -1.75. The number of nitrogens with one attached hydrogen (secondary N) is 1. The van der Waals surface area contributed by atoms with Crippen molar-refractivity contribution in [1.82, 2.24) is 10.2 Å². The molecule has 1 aromatic rings. The minimum absolute atomic E-state index is 0.249. The molecule has 0 spiro atoms. The van der Waals surface area contributed by atoms with Crippen LogP contribution in [0.15, 0.2) is 24.3 Å². The molecule has 1 saturated heterocycles. The number of amides is 1. The summed E-state index contributed by atoms with van der Waals surface area (Å²) in [5, 5.41) is 3.54. The first kappa shape index (κ1) is 18.6. The Morgan fingerprint density at radius 3 is 2.48 bits per heavy atom. The first-order valence-corrected chi connectivity index (χ1v) is 10.5. The van der Waals surface area contributed by atoms with Crippen molar-refractivity contribution in [2.24, 2.45) is 17.8 Å². The normalized spacial score (nSPS) is 28.4. The van der Waals surface area contributed by atoms with Crippen LogP contribution in [0.5, 0.6) is 5.75 Å². The van der Waals surface area contributed by atoms with Gasteiger partial charge in [-0.05, 0) is 68.2 Å². The van der Waals surface area contributed by atoms with Gasteiger partial charge in [-0.25, -0.2) is 0 Å². The summed E-state index contributed by atoms with van der Waals surface area (Å²) in [7, 11) is 1.69. The van der Waals surface area contributed by atoms with Gasteiger partial charge in [-0.2, -0.15) is 0 Å². The summed E-state index contributed by atoms with van der Waals surface area (Å²) < 4.78 is 5.23. The highest BCUT2D eigenvalue weighted by molar-refractivity contribution is 5.78. The van der Waals surface area contributed by atoms with Crippen LogP contribution < -0.4 is 15.0 Å². The Morgan fingerprint density at radius 1 is 1.15 bits per heavy atom. The Labute approximate surface area is 163 Å². The number of benzene rings is 1. The van der Waals surface area contributed by atoms with E-state index < -0.39 is 0 Å². The maximum absolute atomic E-state index is 12.6. The predicted molar refractivity (Wildman–Crippen MR) is 108 cm³/mol. The summed E-state index contributed by atoms with van der Waals surface area (Å²) in [5.74, 6) is 3.78. The van der Waals surface area contributed by atoms with Gasteiger partial charge in [0.1, 0.15) is 5.75 Å². The van der Waals surface area contributed by atoms with Crippen molar-refractivity contribution < 1.29 is 9.53 Å². The quantitative estimate of drug-likeness (QED) is 0.835. The molecular formula is C22H33N3O2. The Bertz CT molecular complexity index is 639. The molecule has 1 aromatic carbocycles. The number of hydrogen-bond donors (Lipinski definition) is 1. The molecule has 4 atom stereocenters. The Morgan fingerprint density at radius 2 is 1.89 bits per heavy atom. The third kappa shape index (κ3) is 4.08. The molecule has 3 aliphatic rings. The highest BCUT2D eigenvalue weighted by Gasteiger charge is 2.41. The van der Waals surface area contributed by atoms with Gasteiger partial charge in [0.15, 0.2) is 0 Å². The van der Waals surface area contributed by atoms with Gasteiger partial charge in [0.2, 0.25) is 5.91 Å². The molecule has 5 heteroatoms. The second-order valence-corrected chi connectivity index (χ2v) is 8.57. The molecule has 1 aliphatic heterocycles. The van der Waals surface area contributed by atoms with E-state index in [2.05, 4.69) is 29.3 Å². The monoisotopic (exact) mass is 371 g/mol. The minimum Gasteiger partial charge on any atom is -0.497 e. The summed E-state index contributed by atoms with van der Waals surface area (Å²) >= 11 is 0. The molecule has 5 nitrogen and oxygen atoms in total. The molecule has 2 bridgehead atoms. The molecule has 0 aromatic heterocycles. The van der Waals surface area contributed by atoms with Gasteiger partial charge in [-0.1, -0.05) is 6.42 Å². The lowest BCUT2D eigenvalue weighted by atomic mass is 9.84. The van der Waals surface area contributed by atoms with E-state index >= 15 is 0 Å². The topological polar surface area (TPSA) is 44.8 Å². The van der Waals surface area contributed by atoms with Crippen molar-refractivity contribution in [1.29, 1.82) is 0 Å². The number of piperazine rings is 1. The number of carbonyl (C=O) groups excluding carboxylic acids is 1. The lowest BCUT2D eigenvalue weighted by Crippen LogP contribution is -2.52. The average molecular weight is 372 g/mol. The fraction of sp³-hybridized carbons (Fsp3) is 0.682. The van der Waals surface area contributed by atoms with Gasteiger partial charge in [-0.3, -0.25) is 4.79 Å². The van der Waals surface area contributed by atoms with Crippen LogP contribution in [0, 0.1) is 17.8 Å². The fourth-order valence-corrected chi connectivity index (χ4v) is 5.42. The number of nitrogens with zero attached hydrogens (tertiary/aromatic N) is 2. The Kier molecular flexibility index (Phi) is 5.58. The van der Waals surface area contributed by atoms with E-state index in [1.165, 1.54) is 31.4 Å². The van der Waals surface area contributed by atoms with E-state index in [4.69, 9.17) is 4.74 Å². The number of ether oxygens (including phenoxy) is 1. The lowest BCUT2D eigenvalue weighted by molar-refractivity contribution is -0.130. The van der Waals surface area contributed by atoms with Gasteiger partial charge in [0.25, 0.3) is 0 Å². The van der Waals surface area contributed by atoms with Crippen LogP contribution in [0.4, 0.5) is 5.69 Å². The van der Waals surface area contributed by atoms with Crippen LogP contribution in [0.25, 0.3) is 0 Å². The predicted octanol–water partition coefficient (Wildman–Crippen LogP) is 2.76. The van der Waals surface area contributed by atoms with E-state index in [1.54, 1.807) is 7.11 Å². The van der Waals surface area contributed by atoms with Crippen molar-refractivity contribution in [2.75, 3.05) is 44.7 Å².